The number of nitrogens with zero attached hydrogens (tertiary/aromatic N) is 1. The van der Waals surface area contributed by atoms with Crippen molar-refractivity contribution >= 4 is 17.7 Å². The summed E-state index contributed by atoms with van der Waals surface area (Å²) in [5.41, 5.74) is 0.263. The normalized spacial score (nSPS) is 22.7. The van der Waals surface area contributed by atoms with E-state index in [1.165, 1.54) is 4.91 Å². The summed E-state index contributed by atoms with van der Waals surface area (Å²) < 4.78 is 37.7. The average molecular weight is 343 g/mol. The molecule has 1 fully saturated rings. The summed E-state index contributed by atoms with van der Waals surface area (Å²) in [4.78, 5) is 14.0. The van der Waals surface area contributed by atoms with Crippen LogP contribution in [-0.4, -0.2) is 35.6 Å². The maximum absolute atomic E-state index is 12.6. The number of halogens is 3. The number of hydrogen-bond acceptors (Lipinski definition) is 3. The minimum Gasteiger partial charge on any atom is -0.481 e. The molecule has 0 aromatic heterocycles. The second-order valence-electron chi connectivity index (χ2n) is 5.86. The maximum atomic E-state index is 12.6. The van der Waals surface area contributed by atoms with Crippen molar-refractivity contribution in [3.05, 3.63) is 46.4 Å². The van der Waals surface area contributed by atoms with E-state index in [2.05, 4.69) is 11.0 Å². The second kappa shape index (κ2) is 6.20. The summed E-state index contributed by atoms with van der Waals surface area (Å²) in [6.45, 7) is 1.86. The molecule has 0 amide bonds. The van der Waals surface area contributed by atoms with Crippen LogP contribution in [0.5, 0.6) is 0 Å². The van der Waals surface area contributed by atoms with E-state index in [1.807, 2.05) is 0 Å². The Bertz CT molecular complexity index is 621. The molecule has 2 aliphatic rings. The molecule has 7 heteroatoms. The van der Waals surface area contributed by atoms with E-state index < -0.39 is 17.7 Å². The van der Waals surface area contributed by atoms with Crippen LogP contribution in [0.2, 0.25) is 0 Å². The van der Waals surface area contributed by atoms with Gasteiger partial charge in [-0.3, -0.25) is 9.69 Å². The predicted octanol–water partition coefficient (Wildman–Crippen LogP) is 3.78. The zero-order valence-electron chi connectivity index (χ0n) is 12.2. The largest absolute Gasteiger partial charge is 0.481 e. The van der Waals surface area contributed by atoms with Crippen LogP contribution in [0.4, 0.5) is 13.2 Å². The van der Waals surface area contributed by atoms with E-state index in [-0.39, 0.29) is 11.2 Å². The summed E-state index contributed by atoms with van der Waals surface area (Å²) in [5.74, 6) is -1.02. The molecular weight excluding hydrogens is 327 g/mol. The number of alkyl halides is 3. The van der Waals surface area contributed by atoms with Crippen molar-refractivity contribution in [3.63, 3.8) is 0 Å². The molecule has 3 rings (SSSR count). The quantitative estimate of drug-likeness (QED) is 0.903. The fourth-order valence-electron chi connectivity index (χ4n) is 2.79. The monoisotopic (exact) mass is 343 g/mol. The lowest BCUT2D eigenvalue weighted by molar-refractivity contribution is -0.147. The highest BCUT2D eigenvalue weighted by molar-refractivity contribution is 8.03. The van der Waals surface area contributed by atoms with Gasteiger partial charge < -0.3 is 5.11 Å². The molecule has 23 heavy (non-hydrogen) atoms. The second-order valence-corrected chi connectivity index (χ2v) is 7.19. The average Bonchev–Trinajstić information content (AvgIpc) is 2.90. The zero-order chi connectivity index (χ0) is 16.6. The number of carboxylic acid groups (broad SMARTS) is 1. The van der Waals surface area contributed by atoms with Crippen LogP contribution in [0.1, 0.15) is 22.8 Å². The van der Waals surface area contributed by atoms with E-state index in [0.717, 1.165) is 30.7 Å². The highest BCUT2D eigenvalue weighted by atomic mass is 32.2. The molecule has 0 bridgehead atoms. The highest BCUT2D eigenvalue weighted by Gasteiger charge is 2.34. The third-order valence-electron chi connectivity index (χ3n) is 4.15. The third kappa shape index (κ3) is 3.72. The van der Waals surface area contributed by atoms with Gasteiger partial charge >= 0.3 is 12.1 Å². The van der Waals surface area contributed by atoms with Gasteiger partial charge in [-0.1, -0.05) is 18.2 Å². The lowest BCUT2D eigenvalue weighted by Crippen LogP contribution is -2.50. The molecule has 2 heterocycles. The molecule has 1 saturated heterocycles. The highest BCUT2D eigenvalue weighted by Crippen LogP contribution is 2.44. The van der Waals surface area contributed by atoms with E-state index >= 15 is 0 Å². The molecule has 1 atom stereocenters. The Labute approximate surface area is 136 Å². The molecule has 1 unspecified atom stereocenters. The number of thioether (sulfide) groups is 1. The van der Waals surface area contributed by atoms with Gasteiger partial charge in [0.1, 0.15) is 0 Å². The molecule has 2 aliphatic heterocycles. The summed E-state index contributed by atoms with van der Waals surface area (Å²) >= 11 is 1.66. The zero-order valence-corrected chi connectivity index (χ0v) is 13.0. The maximum Gasteiger partial charge on any atom is 0.416 e. The van der Waals surface area contributed by atoms with Crippen LogP contribution in [-0.2, 0) is 11.0 Å². The van der Waals surface area contributed by atoms with E-state index in [4.69, 9.17) is 5.11 Å². The van der Waals surface area contributed by atoms with E-state index in [9.17, 15) is 18.0 Å². The number of hydrogen-bond donors (Lipinski definition) is 1. The van der Waals surface area contributed by atoms with Crippen LogP contribution in [0.25, 0.3) is 0 Å². The lowest BCUT2D eigenvalue weighted by atomic mass is 10.0. The molecule has 3 nitrogen and oxygen atoms in total. The van der Waals surface area contributed by atoms with E-state index in [1.54, 1.807) is 23.9 Å². The summed E-state index contributed by atoms with van der Waals surface area (Å²) in [6.07, 6.45) is -1.41. The summed E-state index contributed by atoms with van der Waals surface area (Å²) in [7, 11) is 0. The molecule has 0 aliphatic carbocycles. The first-order chi connectivity index (χ1) is 10.8. The summed E-state index contributed by atoms with van der Waals surface area (Å²) in [6, 6.07) is 5.34. The van der Waals surface area contributed by atoms with Gasteiger partial charge in [-0.25, -0.2) is 0 Å². The van der Waals surface area contributed by atoms with Crippen molar-refractivity contribution in [3.8, 4) is 0 Å². The molecule has 0 radical (unpaired) electrons. The van der Waals surface area contributed by atoms with Gasteiger partial charge in [0.25, 0.3) is 0 Å². The number of benzene rings is 1. The first-order valence-electron chi connectivity index (χ1n) is 7.31. The molecule has 0 spiro atoms. The molecule has 1 aromatic carbocycles. The Morgan fingerprint density at radius 1 is 1.26 bits per heavy atom. The van der Waals surface area contributed by atoms with Crippen LogP contribution in [0.15, 0.2) is 35.2 Å². The van der Waals surface area contributed by atoms with Gasteiger partial charge in [-0.2, -0.15) is 13.2 Å². The minimum atomic E-state index is -4.30. The van der Waals surface area contributed by atoms with Gasteiger partial charge in [0.2, 0.25) is 0 Å². The number of aliphatic carboxylic acids is 1. The van der Waals surface area contributed by atoms with Crippen LogP contribution in [0, 0.1) is 5.92 Å². The van der Waals surface area contributed by atoms with Gasteiger partial charge in [0.15, 0.2) is 0 Å². The van der Waals surface area contributed by atoms with Crippen LogP contribution in [0.3, 0.4) is 0 Å². The molecule has 124 valence electrons. The minimum absolute atomic E-state index is 0.142. The number of carboxylic acids is 1. The number of allylic oxidation sites excluding steroid dienone is 1. The first kappa shape index (κ1) is 16.4. The Morgan fingerprint density at radius 3 is 2.48 bits per heavy atom. The third-order valence-corrected chi connectivity index (χ3v) is 5.50. The van der Waals surface area contributed by atoms with Crippen molar-refractivity contribution in [1.82, 2.24) is 4.90 Å². The van der Waals surface area contributed by atoms with Crippen molar-refractivity contribution in [2.45, 2.75) is 17.8 Å². The predicted molar refractivity (Wildman–Crippen MR) is 82.0 cm³/mol. The number of carbonyl (C=O) groups is 1. The van der Waals surface area contributed by atoms with Crippen molar-refractivity contribution in [2.24, 2.45) is 5.92 Å². The van der Waals surface area contributed by atoms with Gasteiger partial charge in [0, 0.05) is 24.9 Å². The molecule has 0 saturated carbocycles. The lowest BCUT2D eigenvalue weighted by Gasteiger charge is -2.36. The number of likely N-dealkylation sites (tertiary alicyclic amines) is 1. The Kier molecular flexibility index (Phi) is 4.42. The fourth-order valence-corrected chi connectivity index (χ4v) is 4.09. The Morgan fingerprint density at radius 2 is 1.91 bits per heavy atom. The SMILES string of the molecule is O=C(O)C1CN(CC2=CCC(c3ccc(C(F)(F)F)cc3)S2)C1. The molecule has 1 aromatic rings. The van der Waals surface area contributed by atoms with E-state index in [0.29, 0.717) is 13.1 Å². The van der Waals surface area contributed by atoms with Gasteiger partial charge in [0.05, 0.1) is 11.5 Å². The number of rotatable bonds is 4. The van der Waals surface area contributed by atoms with Crippen molar-refractivity contribution in [1.29, 1.82) is 0 Å². The molecule has 1 N–H and O–H groups in total. The summed E-state index contributed by atoms with van der Waals surface area (Å²) in [5, 5.41) is 9.00. The van der Waals surface area contributed by atoms with Crippen molar-refractivity contribution in [2.75, 3.05) is 19.6 Å². The van der Waals surface area contributed by atoms with Gasteiger partial charge in [-0.05, 0) is 29.0 Å². The first-order valence-corrected chi connectivity index (χ1v) is 8.19. The topological polar surface area (TPSA) is 40.5 Å². The van der Waals surface area contributed by atoms with Crippen molar-refractivity contribution < 1.29 is 23.1 Å². The van der Waals surface area contributed by atoms with Crippen LogP contribution < -0.4 is 0 Å². The van der Waals surface area contributed by atoms with Gasteiger partial charge in [-0.15, -0.1) is 11.8 Å². The standard InChI is InChI=1S/C16H16F3NO2S/c17-16(18,19)12-3-1-10(2-4-12)14-6-5-13(23-14)9-20-7-11(8-20)15(21)22/h1-5,11,14H,6-9H2,(H,21,22). The fraction of sp³-hybridized carbons (Fsp3) is 0.438. The van der Waals surface area contributed by atoms with Crippen LogP contribution >= 0.6 is 11.8 Å². The smallest absolute Gasteiger partial charge is 0.416 e. The Hall–Kier alpha value is -1.47. The molecular formula is C16H16F3NO2S. The Balaban J connectivity index is 1.52.